The van der Waals surface area contributed by atoms with Crippen LogP contribution in [0.3, 0.4) is 0 Å². The molecule has 0 aliphatic heterocycles. The van der Waals surface area contributed by atoms with Crippen molar-refractivity contribution in [3.8, 4) is 11.3 Å². The molecular formula is C15H15IN2. The third kappa shape index (κ3) is 2.14. The normalized spacial score (nSPS) is 10.3. The van der Waals surface area contributed by atoms with E-state index >= 15 is 0 Å². The van der Waals surface area contributed by atoms with Gasteiger partial charge >= 0.3 is 0 Å². The van der Waals surface area contributed by atoms with Crippen molar-refractivity contribution < 1.29 is 28.4 Å². The number of imidazole rings is 1. The molecule has 2 aromatic heterocycles. The van der Waals surface area contributed by atoms with Crippen molar-refractivity contribution in [1.82, 2.24) is 4.57 Å². The van der Waals surface area contributed by atoms with E-state index in [1.807, 2.05) is 6.07 Å². The lowest BCUT2D eigenvalue weighted by molar-refractivity contribution is -0.510. The second-order valence-electron chi connectivity index (χ2n) is 4.41. The number of fused-ring (bicyclic) bond motifs is 1. The predicted molar refractivity (Wildman–Crippen MR) is 68.7 cm³/mol. The van der Waals surface area contributed by atoms with Gasteiger partial charge in [-0.25, -0.2) is 8.97 Å². The van der Waals surface area contributed by atoms with Gasteiger partial charge < -0.3 is 24.0 Å². The fourth-order valence-electron chi connectivity index (χ4n) is 2.17. The molecule has 0 radical (unpaired) electrons. The number of nitrogens with zero attached hydrogens (tertiary/aromatic N) is 2. The summed E-state index contributed by atoms with van der Waals surface area (Å²) in [6.45, 7) is 2.11. The minimum atomic E-state index is 0. The smallest absolute Gasteiger partial charge is 0.286 e. The largest absolute Gasteiger partial charge is 1.00 e. The van der Waals surface area contributed by atoms with Gasteiger partial charge in [0.25, 0.3) is 5.65 Å². The molecule has 0 bridgehead atoms. The van der Waals surface area contributed by atoms with E-state index in [-0.39, 0.29) is 24.0 Å². The molecule has 3 rings (SSSR count). The van der Waals surface area contributed by atoms with Gasteiger partial charge in [-0.15, -0.1) is 0 Å². The maximum Gasteiger partial charge on any atom is 0.286 e. The van der Waals surface area contributed by atoms with Crippen LogP contribution >= 0.6 is 0 Å². The molecule has 0 unspecified atom stereocenters. The molecule has 3 heteroatoms. The molecule has 18 heavy (non-hydrogen) atoms. The lowest BCUT2D eigenvalue weighted by atomic mass is 10.1. The zero-order chi connectivity index (χ0) is 11.8. The number of rotatable bonds is 1. The van der Waals surface area contributed by atoms with Gasteiger partial charge in [-0.2, -0.15) is 0 Å². The van der Waals surface area contributed by atoms with E-state index in [4.69, 9.17) is 0 Å². The van der Waals surface area contributed by atoms with E-state index in [0.29, 0.717) is 0 Å². The van der Waals surface area contributed by atoms with E-state index in [0.717, 1.165) is 0 Å². The Morgan fingerprint density at radius 3 is 2.39 bits per heavy atom. The van der Waals surface area contributed by atoms with Crippen molar-refractivity contribution in [2.75, 3.05) is 0 Å². The standard InChI is InChI=1S/C15H15N2.HI/c1-12-6-8-13(9-7-12)14-11-17-10-4-3-5-15(17)16(14)2;/h3-11H,1-2H3;1H/q+1;/p-1. The third-order valence-electron chi connectivity index (χ3n) is 3.18. The Bertz CT molecular complexity index is 669. The minimum Gasteiger partial charge on any atom is -1.00 e. The number of pyridine rings is 1. The summed E-state index contributed by atoms with van der Waals surface area (Å²) >= 11 is 0. The molecule has 1 aromatic carbocycles. The quantitative estimate of drug-likeness (QED) is 0.423. The summed E-state index contributed by atoms with van der Waals surface area (Å²) in [6, 6.07) is 14.9. The van der Waals surface area contributed by atoms with Crippen LogP contribution in [0.2, 0.25) is 0 Å². The van der Waals surface area contributed by atoms with E-state index in [1.54, 1.807) is 0 Å². The van der Waals surface area contributed by atoms with Crippen molar-refractivity contribution in [3.05, 3.63) is 60.4 Å². The van der Waals surface area contributed by atoms with Gasteiger partial charge in [-0.1, -0.05) is 35.9 Å². The molecule has 0 N–H and O–H groups in total. The van der Waals surface area contributed by atoms with Crippen LogP contribution in [0.25, 0.3) is 16.9 Å². The first-order chi connectivity index (χ1) is 8.25. The Morgan fingerprint density at radius 1 is 1.00 bits per heavy atom. The molecule has 0 spiro atoms. The van der Waals surface area contributed by atoms with E-state index in [9.17, 15) is 0 Å². The second kappa shape index (κ2) is 5.10. The van der Waals surface area contributed by atoms with Crippen LogP contribution in [0.1, 0.15) is 5.56 Å². The Morgan fingerprint density at radius 2 is 1.72 bits per heavy atom. The molecule has 2 heterocycles. The first-order valence-corrected chi connectivity index (χ1v) is 5.78. The number of benzene rings is 1. The highest BCUT2D eigenvalue weighted by atomic mass is 127. The van der Waals surface area contributed by atoms with Crippen molar-refractivity contribution in [2.24, 2.45) is 7.05 Å². The van der Waals surface area contributed by atoms with Crippen molar-refractivity contribution in [3.63, 3.8) is 0 Å². The third-order valence-corrected chi connectivity index (χ3v) is 3.18. The molecule has 2 nitrogen and oxygen atoms in total. The molecule has 0 saturated heterocycles. The summed E-state index contributed by atoms with van der Waals surface area (Å²) in [4.78, 5) is 0. The van der Waals surface area contributed by atoms with Crippen LogP contribution in [0.15, 0.2) is 54.9 Å². The molecule has 0 atom stereocenters. The van der Waals surface area contributed by atoms with Crippen molar-refractivity contribution in [2.45, 2.75) is 6.92 Å². The monoisotopic (exact) mass is 350 g/mol. The number of aryl methyl sites for hydroxylation is 2. The Kier molecular flexibility index (Phi) is 3.71. The lowest BCUT2D eigenvalue weighted by Crippen LogP contribution is -3.00. The summed E-state index contributed by atoms with van der Waals surface area (Å²) in [5.41, 5.74) is 4.97. The van der Waals surface area contributed by atoms with Gasteiger partial charge in [-0.05, 0) is 13.0 Å². The fraction of sp³-hybridized carbons (Fsp3) is 0.133. The topological polar surface area (TPSA) is 9.03 Å². The molecule has 0 aliphatic rings. The summed E-state index contributed by atoms with van der Waals surface area (Å²) in [5.74, 6) is 0. The van der Waals surface area contributed by atoms with Crippen LogP contribution in [0, 0.1) is 6.92 Å². The van der Waals surface area contributed by atoms with Gasteiger partial charge in [0.2, 0.25) is 0 Å². The number of hydrogen-bond donors (Lipinski definition) is 0. The first-order valence-electron chi connectivity index (χ1n) is 5.78. The lowest BCUT2D eigenvalue weighted by Gasteiger charge is -1.97. The van der Waals surface area contributed by atoms with E-state index in [1.165, 1.54) is 22.5 Å². The fourth-order valence-corrected chi connectivity index (χ4v) is 2.17. The molecule has 0 fully saturated rings. The van der Waals surface area contributed by atoms with Crippen molar-refractivity contribution >= 4 is 5.65 Å². The van der Waals surface area contributed by atoms with Gasteiger partial charge in [0.15, 0.2) is 5.69 Å². The Labute approximate surface area is 124 Å². The van der Waals surface area contributed by atoms with E-state index in [2.05, 4.69) is 71.7 Å². The van der Waals surface area contributed by atoms with Gasteiger partial charge in [-0.3, -0.25) is 0 Å². The first kappa shape index (κ1) is 13.1. The van der Waals surface area contributed by atoms with Gasteiger partial charge in [0.1, 0.15) is 6.20 Å². The van der Waals surface area contributed by atoms with Gasteiger partial charge in [0.05, 0.1) is 13.2 Å². The van der Waals surface area contributed by atoms with Gasteiger partial charge in [0, 0.05) is 11.6 Å². The summed E-state index contributed by atoms with van der Waals surface area (Å²) in [5, 5.41) is 0. The molecular weight excluding hydrogens is 335 g/mol. The van der Waals surface area contributed by atoms with Crippen LogP contribution in [0.4, 0.5) is 0 Å². The number of aromatic nitrogens is 2. The average Bonchev–Trinajstić information content (AvgIpc) is 2.69. The zero-order valence-corrected chi connectivity index (χ0v) is 12.6. The Hall–Kier alpha value is -1.36. The number of halogens is 1. The molecule has 0 amide bonds. The SMILES string of the molecule is Cc1ccc(-c2c[n+]3ccccc3n2C)cc1.[I-]. The highest BCUT2D eigenvalue weighted by Gasteiger charge is 2.14. The van der Waals surface area contributed by atoms with Crippen LogP contribution < -0.4 is 28.4 Å². The maximum atomic E-state index is 2.21. The minimum absolute atomic E-state index is 0. The summed E-state index contributed by atoms with van der Waals surface area (Å²) in [6.07, 6.45) is 4.24. The number of hydrogen-bond acceptors (Lipinski definition) is 0. The average molecular weight is 350 g/mol. The highest BCUT2D eigenvalue weighted by Crippen LogP contribution is 2.19. The summed E-state index contributed by atoms with van der Waals surface area (Å²) in [7, 11) is 2.10. The second-order valence-corrected chi connectivity index (χ2v) is 4.41. The Balaban J connectivity index is 0.00000120. The van der Waals surface area contributed by atoms with Crippen LogP contribution in [-0.4, -0.2) is 4.57 Å². The zero-order valence-electron chi connectivity index (χ0n) is 10.5. The van der Waals surface area contributed by atoms with Crippen LogP contribution in [0.5, 0.6) is 0 Å². The van der Waals surface area contributed by atoms with Crippen molar-refractivity contribution in [1.29, 1.82) is 0 Å². The predicted octanol–water partition coefficient (Wildman–Crippen LogP) is -0.257. The molecule has 3 aromatic rings. The maximum absolute atomic E-state index is 2.21. The summed E-state index contributed by atoms with van der Waals surface area (Å²) < 4.78 is 4.36. The highest BCUT2D eigenvalue weighted by molar-refractivity contribution is 5.61. The van der Waals surface area contributed by atoms with Crippen LogP contribution in [-0.2, 0) is 7.05 Å². The molecule has 0 aliphatic carbocycles. The molecule has 0 saturated carbocycles. The van der Waals surface area contributed by atoms with E-state index < -0.39 is 0 Å². The molecule has 92 valence electrons.